The highest BCUT2D eigenvalue weighted by molar-refractivity contribution is 5.32. The number of nitrogens with two attached hydrogens (primary N) is 1. The van der Waals surface area contributed by atoms with Crippen molar-refractivity contribution in [2.24, 2.45) is 11.7 Å². The molecule has 17 heavy (non-hydrogen) atoms. The third-order valence-electron chi connectivity index (χ3n) is 3.62. The Hall–Kier alpha value is -1.29. The number of piperidine rings is 1. The molecular weight excluding hydrogens is 212 g/mol. The molecule has 1 aromatic heterocycles. The van der Waals surface area contributed by atoms with Crippen LogP contribution in [-0.4, -0.2) is 28.7 Å². The van der Waals surface area contributed by atoms with Gasteiger partial charge in [0.15, 0.2) is 0 Å². The van der Waals surface area contributed by atoms with E-state index in [0.29, 0.717) is 12.0 Å². The molecule has 2 unspecified atom stereocenters. The number of anilines is 1. The van der Waals surface area contributed by atoms with E-state index in [2.05, 4.69) is 28.0 Å². The minimum Gasteiger partial charge on any atom is -0.342 e. The zero-order chi connectivity index (χ0) is 12.3. The fraction of sp³-hybridized carbons (Fsp3) is 0.615. The molecule has 1 aromatic rings. The fourth-order valence-corrected chi connectivity index (χ4v) is 2.53. The lowest BCUT2D eigenvalue weighted by atomic mass is 9.91. The second kappa shape index (κ2) is 5.36. The van der Waals surface area contributed by atoms with Crippen LogP contribution in [-0.2, 0) is 6.54 Å². The van der Waals surface area contributed by atoms with Crippen LogP contribution in [0.25, 0.3) is 0 Å². The summed E-state index contributed by atoms with van der Waals surface area (Å²) in [5.74, 6) is 1.63. The van der Waals surface area contributed by atoms with E-state index in [9.17, 15) is 0 Å². The van der Waals surface area contributed by atoms with Gasteiger partial charge in [0.2, 0.25) is 5.95 Å². The molecule has 2 heterocycles. The zero-order valence-corrected chi connectivity index (χ0v) is 10.5. The number of nitrogens with zero attached hydrogens (tertiary/aromatic N) is 3. The molecule has 0 aliphatic carbocycles. The van der Waals surface area contributed by atoms with Gasteiger partial charge in [0.1, 0.15) is 0 Å². The van der Waals surface area contributed by atoms with Crippen molar-refractivity contribution in [2.45, 2.75) is 32.4 Å². The van der Waals surface area contributed by atoms with Crippen LogP contribution in [0.2, 0.25) is 0 Å². The van der Waals surface area contributed by atoms with Crippen molar-refractivity contribution < 1.29 is 0 Å². The maximum absolute atomic E-state index is 6.13. The van der Waals surface area contributed by atoms with Crippen LogP contribution in [0.4, 0.5) is 5.95 Å². The lowest BCUT2D eigenvalue weighted by molar-refractivity contribution is 0.344. The fourth-order valence-electron chi connectivity index (χ4n) is 2.53. The van der Waals surface area contributed by atoms with E-state index in [1.54, 1.807) is 0 Å². The molecule has 0 bridgehead atoms. The zero-order valence-electron chi connectivity index (χ0n) is 10.5. The van der Waals surface area contributed by atoms with E-state index in [0.717, 1.165) is 38.4 Å². The number of imidazole rings is 1. The van der Waals surface area contributed by atoms with Gasteiger partial charge >= 0.3 is 0 Å². The molecule has 4 nitrogen and oxygen atoms in total. The van der Waals surface area contributed by atoms with Crippen LogP contribution in [0.3, 0.4) is 0 Å². The summed E-state index contributed by atoms with van der Waals surface area (Å²) in [5, 5.41) is 0. The second-order valence-corrected chi connectivity index (χ2v) is 4.74. The molecule has 0 saturated carbocycles. The highest BCUT2D eigenvalue weighted by atomic mass is 15.3. The molecule has 1 saturated heterocycles. The first-order chi connectivity index (χ1) is 8.26. The maximum Gasteiger partial charge on any atom is 0.205 e. The Morgan fingerprint density at radius 1 is 1.65 bits per heavy atom. The van der Waals surface area contributed by atoms with Crippen molar-refractivity contribution >= 4 is 5.95 Å². The molecule has 2 atom stereocenters. The smallest absolute Gasteiger partial charge is 0.205 e. The summed E-state index contributed by atoms with van der Waals surface area (Å²) < 4.78 is 2.14. The third kappa shape index (κ3) is 2.52. The predicted octanol–water partition coefficient (Wildman–Crippen LogP) is 1.63. The molecule has 4 heteroatoms. The molecule has 1 fully saturated rings. The molecule has 0 radical (unpaired) electrons. The standard InChI is InChI=1S/C13H22N4/c1-3-7-16-9-6-15-13(16)17-8-5-12(14)11(4-2)10-17/h3,6,9,11-12H,1,4-5,7-8,10,14H2,2H3. The molecule has 1 aliphatic rings. The Bertz CT molecular complexity index is 371. The van der Waals surface area contributed by atoms with Crippen LogP contribution in [0.1, 0.15) is 19.8 Å². The minimum absolute atomic E-state index is 0.346. The summed E-state index contributed by atoms with van der Waals surface area (Å²) in [6.07, 6.45) is 7.96. The van der Waals surface area contributed by atoms with E-state index in [-0.39, 0.29) is 0 Å². The molecule has 2 rings (SSSR count). The van der Waals surface area contributed by atoms with Crippen LogP contribution >= 0.6 is 0 Å². The summed E-state index contributed by atoms with van der Waals surface area (Å²) in [5.41, 5.74) is 6.13. The van der Waals surface area contributed by atoms with E-state index in [1.165, 1.54) is 0 Å². The molecule has 2 N–H and O–H groups in total. The summed E-state index contributed by atoms with van der Waals surface area (Å²) in [6.45, 7) is 8.83. The van der Waals surface area contributed by atoms with Crippen LogP contribution in [0, 0.1) is 5.92 Å². The molecule has 0 spiro atoms. The largest absolute Gasteiger partial charge is 0.342 e. The Morgan fingerprint density at radius 2 is 2.47 bits per heavy atom. The summed E-state index contributed by atoms with van der Waals surface area (Å²) >= 11 is 0. The van der Waals surface area contributed by atoms with Crippen molar-refractivity contribution in [1.82, 2.24) is 9.55 Å². The van der Waals surface area contributed by atoms with Gasteiger partial charge in [0.05, 0.1) is 0 Å². The van der Waals surface area contributed by atoms with Gasteiger partial charge in [-0.15, -0.1) is 6.58 Å². The van der Waals surface area contributed by atoms with Gasteiger partial charge in [-0.3, -0.25) is 0 Å². The quantitative estimate of drug-likeness (QED) is 0.806. The molecular formula is C13H22N4. The van der Waals surface area contributed by atoms with Gasteiger partial charge in [0.25, 0.3) is 0 Å². The van der Waals surface area contributed by atoms with Gasteiger partial charge in [0, 0.05) is 38.1 Å². The first-order valence-corrected chi connectivity index (χ1v) is 6.38. The number of hydrogen-bond donors (Lipinski definition) is 1. The minimum atomic E-state index is 0.346. The Kier molecular flexibility index (Phi) is 3.84. The van der Waals surface area contributed by atoms with E-state index >= 15 is 0 Å². The van der Waals surface area contributed by atoms with Gasteiger partial charge in [-0.1, -0.05) is 19.4 Å². The average Bonchev–Trinajstić information content (AvgIpc) is 2.78. The van der Waals surface area contributed by atoms with E-state index in [1.807, 2.05) is 18.5 Å². The SMILES string of the molecule is C=CCn1ccnc1N1CCC(N)C(CC)C1. The van der Waals surface area contributed by atoms with Gasteiger partial charge in [-0.05, 0) is 12.3 Å². The maximum atomic E-state index is 6.13. The summed E-state index contributed by atoms with van der Waals surface area (Å²) in [7, 11) is 0. The molecule has 0 aromatic carbocycles. The highest BCUT2D eigenvalue weighted by Crippen LogP contribution is 2.23. The van der Waals surface area contributed by atoms with Crippen molar-refractivity contribution in [3.8, 4) is 0 Å². The summed E-state index contributed by atoms with van der Waals surface area (Å²) in [4.78, 5) is 6.80. The third-order valence-corrected chi connectivity index (χ3v) is 3.62. The molecule has 1 aliphatic heterocycles. The summed E-state index contributed by atoms with van der Waals surface area (Å²) in [6, 6.07) is 0.346. The van der Waals surface area contributed by atoms with E-state index < -0.39 is 0 Å². The van der Waals surface area contributed by atoms with Crippen LogP contribution in [0.15, 0.2) is 25.0 Å². The number of aromatic nitrogens is 2. The van der Waals surface area contributed by atoms with Gasteiger partial charge in [-0.2, -0.15) is 0 Å². The highest BCUT2D eigenvalue weighted by Gasteiger charge is 2.27. The number of rotatable bonds is 4. The van der Waals surface area contributed by atoms with Crippen molar-refractivity contribution in [3.05, 3.63) is 25.0 Å². The lowest BCUT2D eigenvalue weighted by Gasteiger charge is -2.37. The van der Waals surface area contributed by atoms with Crippen LogP contribution in [0.5, 0.6) is 0 Å². The Balaban J connectivity index is 2.11. The number of hydrogen-bond acceptors (Lipinski definition) is 3. The first kappa shape index (κ1) is 12.2. The van der Waals surface area contributed by atoms with Gasteiger partial charge < -0.3 is 15.2 Å². The molecule has 94 valence electrons. The molecule has 0 amide bonds. The van der Waals surface area contributed by atoms with Crippen LogP contribution < -0.4 is 10.6 Å². The Morgan fingerprint density at radius 3 is 3.18 bits per heavy atom. The first-order valence-electron chi connectivity index (χ1n) is 6.38. The van der Waals surface area contributed by atoms with Crippen molar-refractivity contribution in [1.29, 1.82) is 0 Å². The second-order valence-electron chi connectivity index (χ2n) is 4.74. The van der Waals surface area contributed by atoms with E-state index in [4.69, 9.17) is 5.73 Å². The van der Waals surface area contributed by atoms with Crippen molar-refractivity contribution in [3.63, 3.8) is 0 Å². The van der Waals surface area contributed by atoms with Crippen molar-refractivity contribution in [2.75, 3.05) is 18.0 Å². The monoisotopic (exact) mass is 234 g/mol. The topological polar surface area (TPSA) is 47.1 Å². The predicted molar refractivity (Wildman–Crippen MR) is 71.0 cm³/mol. The lowest BCUT2D eigenvalue weighted by Crippen LogP contribution is -2.47. The van der Waals surface area contributed by atoms with Gasteiger partial charge in [-0.25, -0.2) is 4.98 Å². The number of allylic oxidation sites excluding steroid dienone is 1. The average molecular weight is 234 g/mol. The normalized spacial score (nSPS) is 24.9. The Labute approximate surface area is 103 Å².